The van der Waals surface area contributed by atoms with Crippen LogP contribution >= 0.6 is 0 Å². The molecule has 2 aromatic heterocycles. The quantitative estimate of drug-likeness (QED) is 0.806. The molecule has 1 N–H and O–H groups in total. The Morgan fingerprint density at radius 3 is 2.75 bits per heavy atom. The third-order valence-corrected chi connectivity index (χ3v) is 4.66. The highest BCUT2D eigenvalue weighted by atomic mass is 16.2. The van der Waals surface area contributed by atoms with E-state index in [4.69, 9.17) is 0 Å². The number of aromatic nitrogens is 4. The maximum absolute atomic E-state index is 12.9. The second-order valence-corrected chi connectivity index (χ2v) is 6.11. The summed E-state index contributed by atoms with van der Waals surface area (Å²) in [5.41, 5.74) is 2.82. The predicted octanol–water partition coefficient (Wildman–Crippen LogP) is 2.79. The molecule has 1 aromatic carbocycles. The maximum atomic E-state index is 12.9. The topological polar surface area (TPSA) is 66.8 Å². The second-order valence-electron chi connectivity index (χ2n) is 6.11. The van der Waals surface area contributed by atoms with Gasteiger partial charge in [0.15, 0.2) is 5.82 Å². The van der Waals surface area contributed by atoms with Crippen molar-refractivity contribution in [2.75, 3.05) is 6.54 Å². The zero-order valence-corrected chi connectivity index (χ0v) is 13.5. The number of H-pyrrole nitrogens is 1. The highest BCUT2D eigenvalue weighted by Crippen LogP contribution is 2.33. The van der Waals surface area contributed by atoms with Crippen LogP contribution in [0.15, 0.2) is 48.9 Å². The van der Waals surface area contributed by atoms with E-state index in [1.165, 1.54) is 12.0 Å². The zero-order chi connectivity index (χ0) is 16.5. The van der Waals surface area contributed by atoms with Gasteiger partial charge in [-0.05, 0) is 37.1 Å². The molecule has 1 atom stereocenters. The van der Waals surface area contributed by atoms with Crippen molar-refractivity contribution < 1.29 is 4.79 Å². The van der Waals surface area contributed by atoms with Gasteiger partial charge in [0.25, 0.3) is 5.91 Å². The average molecular weight is 321 g/mol. The summed E-state index contributed by atoms with van der Waals surface area (Å²) >= 11 is 0. The lowest BCUT2D eigenvalue weighted by atomic mass is 10.1. The number of carbonyl (C=O) groups is 1. The number of hydrogen-bond donors (Lipinski definition) is 1. The Morgan fingerprint density at radius 1 is 1.25 bits per heavy atom. The molecule has 6 nitrogen and oxygen atoms in total. The zero-order valence-electron chi connectivity index (χ0n) is 13.5. The van der Waals surface area contributed by atoms with Gasteiger partial charge in [-0.3, -0.25) is 9.89 Å². The summed E-state index contributed by atoms with van der Waals surface area (Å²) in [6.45, 7) is 0.804. The van der Waals surface area contributed by atoms with Gasteiger partial charge in [0, 0.05) is 36.6 Å². The van der Waals surface area contributed by atoms with E-state index in [1.807, 2.05) is 48.5 Å². The first kappa shape index (κ1) is 14.7. The lowest BCUT2D eigenvalue weighted by Crippen LogP contribution is -2.31. The Labute approximate surface area is 140 Å². The summed E-state index contributed by atoms with van der Waals surface area (Å²) < 4.78 is 2.10. The molecule has 0 saturated carbocycles. The van der Waals surface area contributed by atoms with Crippen molar-refractivity contribution in [3.05, 3.63) is 60.2 Å². The van der Waals surface area contributed by atoms with Crippen LogP contribution in [-0.2, 0) is 7.05 Å². The van der Waals surface area contributed by atoms with Crippen molar-refractivity contribution in [2.45, 2.75) is 18.9 Å². The summed E-state index contributed by atoms with van der Waals surface area (Å²) in [6, 6.07) is 11.8. The molecule has 1 unspecified atom stereocenters. The number of rotatable bonds is 3. The number of amides is 1. The molecule has 24 heavy (non-hydrogen) atoms. The summed E-state index contributed by atoms with van der Waals surface area (Å²) in [5.74, 6) is 0.791. The Balaban J connectivity index is 1.58. The molecule has 122 valence electrons. The molecule has 1 amide bonds. The van der Waals surface area contributed by atoms with Crippen LogP contribution in [0.5, 0.6) is 0 Å². The smallest absolute Gasteiger partial charge is 0.254 e. The highest BCUT2D eigenvalue weighted by molar-refractivity contribution is 5.95. The minimum atomic E-state index is 0.0859. The number of likely N-dealkylation sites (tertiary alicyclic amines) is 1. The van der Waals surface area contributed by atoms with Gasteiger partial charge in [0.05, 0.1) is 6.04 Å². The van der Waals surface area contributed by atoms with Gasteiger partial charge in [-0.2, -0.15) is 5.10 Å². The molecule has 3 aromatic rings. The minimum absolute atomic E-state index is 0.0859. The first-order valence-electron chi connectivity index (χ1n) is 8.12. The molecule has 1 fully saturated rings. The monoisotopic (exact) mass is 321 g/mol. The molecular formula is C18H19N5O. The number of hydrogen-bond acceptors (Lipinski definition) is 3. The van der Waals surface area contributed by atoms with Crippen LogP contribution in [0.3, 0.4) is 0 Å². The number of nitrogens with one attached hydrogen (secondary N) is 1. The van der Waals surface area contributed by atoms with E-state index in [2.05, 4.69) is 25.8 Å². The maximum Gasteiger partial charge on any atom is 0.254 e. The van der Waals surface area contributed by atoms with Gasteiger partial charge in [-0.15, -0.1) is 0 Å². The van der Waals surface area contributed by atoms with Crippen LogP contribution in [0.4, 0.5) is 0 Å². The predicted molar refractivity (Wildman–Crippen MR) is 90.2 cm³/mol. The second kappa shape index (κ2) is 5.96. The van der Waals surface area contributed by atoms with Gasteiger partial charge in [-0.1, -0.05) is 12.1 Å². The van der Waals surface area contributed by atoms with Gasteiger partial charge in [0.2, 0.25) is 0 Å². The number of carbonyl (C=O) groups excluding carboxylic acids is 1. The Hall–Kier alpha value is -2.89. The van der Waals surface area contributed by atoms with Crippen molar-refractivity contribution in [3.8, 4) is 11.4 Å². The van der Waals surface area contributed by atoms with E-state index in [0.29, 0.717) is 11.4 Å². The number of nitrogens with zero attached hydrogens (tertiary/aromatic N) is 4. The largest absolute Gasteiger partial charge is 0.353 e. The standard InChI is InChI=1S/C18H19N5O/c1-22-10-2-4-15(22)16-5-3-11-23(16)18(24)14-8-6-13(7-9-14)17-19-12-20-21-17/h2,4,6-10,12,16H,3,5,11H2,1H3,(H,19,20,21). The van der Waals surface area contributed by atoms with Crippen molar-refractivity contribution >= 4 is 5.91 Å². The summed E-state index contributed by atoms with van der Waals surface area (Å²) in [7, 11) is 2.03. The third-order valence-electron chi connectivity index (χ3n) is 4.66. The Morgan fingerprint density at radius 2 is 2.08 bits per heavy atom. The Bertz CT molecular complexity index is 835. The number of benzene rings is 1. The number of aryl methyl sites for hydroxylation is 1. The molecule has 4 rings (SSSR count). The summed E-state index contributed by atoms with van der Waals surface area (Å²) in [5, 5.41) is 6.68. The van der Waals surface area contributed by atoms with E-state index in [0.717, 1.165) is 24.9 Å². The first-order valence-corrected chi connectivity index (χ1v) is 8.12. The SMILES string of the molecule is Cn1cccc1C1CCCN1C(=O)c1ccc(-c2ncn[nH]2)cc1. The first-order chi connectivity index (χ1) is 11.7. The summed E-state index contributed by atoms with van der Waals surface area (Å²) in [6.07, 6.45) is 5.56. The van der Waals surface area contributed by atoms with Crippen LogP contribution in [0.25, 0.3) is 11.4 Å². The van der Waals surface area contributed by atoms with E-state index >= 15 is 0 Å². The highest BCUT2D eigenvalue weighted by Gasteiger charge is 2.31. The van der Waals surface area contributed by atoms with Crippen molar-refractivity contribution in [1.29, 1.82) is 0 Å². The molecule has 0 spiro atoms. The van der Waals surface area contributed by atoms with Gasteiger partial charge >= 0.3 is 0 Å². The third kappa shape index (κ3) is 2.50. The fraction of sp³-hybridized carbons (Fsp3) is 0.278. The van der Waals surface area contributed by atoms with Crippen LogP contribution in [-0.4, -0.2) is 37.1 Å². The minimum Gasteiger partial charge on any atom is -0.353 e. The van der Waals surface area contributed by atoms with Crippen molar-refractivity contribution in [3.63, 3.8) is 0 Å². The van der Waals surface area contributed by atoms with Gasteiger partial charge < -0.3 is 9.47 Å². The fourth-order valence-electron chi connectivity index (χ4n) is 3.42. The van der Waals surface area contributed by atoms with Gasteiger partial charge in [-0.25, -0.2) is 4.98 Å². The molecule has 1 aliphatic rings. The van der Waals surface area contributed by atoms with Gasteiger partial charge in [0.1, 0.15) is 6.33 Å². The van der Waals surface area contributed by atoms with Crippen LogP contribution < -0.4 is 0 Å². The van der Waals surface area contributed by atoms with Crippen LogP contribution in [0, 0.1) is 0 Å². The molecule has 6 heteroatoms. The van der Waals surface area contributed by atoms with Crippen molar-refractivity contribution in [1.82, 2.24) is 24.6 Å². The molecule has 0 radical (unpaired) electrons. The van der Waals surface area contributed by atoms with Crippen molar-refractivity contribution in [2.24, 2.45) is 7.05 Å². The summed E-state index contributed by atoms with van der Waals surface area (Å²) in [4.78, 5) is 19.1. The molecule has 0 bridgehead atoms. The van der Waals surface area contributed by atoms with E-state index < -0.39 is 0 Å². The molecule has 0 aliphatic carbocycles. The lowest BCUT2D eigenvalue weighted by molar-refractivity contribution is 0.0731. The molecule has 1 aliphatic heterocycles. The van der Waals surface area contributed by atoms with E-state index in [9.17, 15) is 4.79 Å². The van der Waals surface area contributed by atoms with E-state index in [-0.39, 0.29) is 11.9 Å². The Kier molecular flexibility index (Phi) is 3.65. The van der Waals surface area contributed by atoms with Crippen LogP contribution in [0.1, 0.15) is 34.9 Å². The number of aromatic amines is 1. The van der Waals surface area contributed by atoms with Crippen LogP contribution in [0.2, 0.25) is 0 Å². The molecule has 1 saturated heterocycles. The lowest BCUT2D eigenvalue weighted by Gasteiger charge is -2.25. The normalized spacial score (nSPS) is 17.4. The fourth-order valence-corrected chi connectivity index (χ4v) is 3.42. The van der Waals surface area contributed by atoms with E-state index in [1.54, 1.807) is 0 Å². The molecular weight excluding hydrogens is 302 g/mol. The average Bonchev–Trinajstić information content (AvgIpc) is 3.35. The molecule has 3 heterocycles.